The number of carbonyl (C=O) groups is 5. The number of fused-ring (bicyclic) bond motifs is 3. The molecule has 52 heavy (non-hydrogen) atoms. The van der Waals surface area contributed by atoms with Gasteiger partial charge in [0.25, 0.3) is 5.97 Å². The van der Waals surface area contributed by atoms with Crippen LogP contribution in [0.2, 0.25) is 0 Å². The van der Waals surface area contributed by atoms with Gasteiger partial charge >= 0.3 is 29.8 Å². The molecule has 17 heteroatoms. The quantitative estimate of drug-likeness (QED) is 0.253. The lowest BCUT2D eigenvalue weighted by molar-refractivity contribution is -0.497. The summed E-state index contributed by atoms with van der Waals surface area (Å²) < 4.78 is 54.6. The number of esters is 5. The van der Waals surface area contributed by atoms with Crippen molar-refractivity contribution in [2.75, 3.05) is 13.7 Å². The monoisotopic (exact) mass is 734 g/mol. The van der Waals surface area contributed by atoms with E-state index in [1.807, 2.05) is 0 Å². The Morgan fingerprint density at radius 3 is 2.27 bits per heavy atom. The van der Waals surface area contributed by atoms with Crippen molar-refractivity contribution in [3.63, 3.8) is 0 Å². The predicted molar refractivity (Wildman–Crippen MR) is 164 cm³/mol. The van der Waals surface area contributed by atoms with Gasteiger partial charge in [-0.15, -0.1) is 0 Å². The van der Waals surface area contributed by atoms with Crippen LogP contribution in [0.15, 0.2) is 23.0 Å². The maximum atomic E-state index is 13.8. The van der Waals surface area contributed by atoms with Gasteiger partial charge in [0.2, 0.25) is 0 Å². The van der Waals surface area contributed by atoms with Crippen molar-refractivity contribution in [3.05, 3.63) is 24.2 Å². The summed E-state index contributed by atoms with van der Waals surface area (Å²) in [5, 5.41) is 39.9. The Morgan fingerprint density at radius 1 is 0.981 bits per heavy atom. The molecule has 0 amide bonds. The lowest BCUT2D eigenvalue weighted by Gasteiger charge is -2.78. The van der Waals surface area contributed by atoms with Crippen LogP contribution in [0.4, 0.5) is 0 Å². The molecule has 4 bridgehead atoms. The van der Waals surface area contributed by atoms with E-state index in [2.05, 4.69) is 0 Å². The molecule has 7 aliphatic rings. The summed E-state index contributed by atoms with van der Waals surface area (Å²) in [4.78, 5) is 66.0. The largest absolute Gasteiger partial charge is 0.472 e. The zero-order valence-electron chi connectivity index (χ0n) is 29.7. The van der Waals surface area contributed by atoms with E-state index in [4.69, 9.17) is 42.3 Å². The number of hydrogen-bond donors (Lipinski definition) is 3. The zero-order chi connectivity index (χ0) is 37.8. The number of aliphatic hydroxyl groups is 3. The van der Waals surface area contributed by atoms with Crippen molar-refractivity contribution < 1.29 is 81.6 Å². The Labute approximate surface area is 297 Å². The second kappa shape index (κ2) is 10.3. The van der Waals surface area contributed by atoms with E-state index in [1.54, 1.807) is 13.8 Å². The molecule has 3 saturated heterocycles. The van der Waals surface area contributed by atoms with E-state index < -0.39 is 136 Å². The zero-order valence-corrected chi connectivity index (χ0v) is 29.7. The van der Waals surface area contributed by atoms with Crippen LogP contribution >= 0.6 is 0 Å². The smallest absolute Gasteiger partial charge is 0.306 e. The number of carbonyl (C=O) groups excluding carboxylic acids is 5. The van der Waals surface area contributed by atoms with Crippen molar-refractivity contribution >= 4 is 29.8 Å². The molecule has 17 nitrogen and oxygen atoms in total. The van der Waals surface area contributed by atoms with Crippen molar-refractivity contribution in [1.29, 1.82) is 0 Å². The van der Waals surface area contributed by atoms with Gasteiger partial charge in [-0.1, -0.05) is 13.8 Å². The normalized spacial score (nSPS) is 51.6. The molecule has 4 aliphatic carbocycles. The molecule has 7 fully saturated rings. The molecule has 0 radical (unpaired) electrons. The predicted octanol–water partition coefficient (Wildman–Crippen LogP) is 0.353. The molecule has 1 aromatic heterocycles. The van der Waals surface area contributed by atoms with Crippen molar-refractivity contribution in [1.82, 2.24) is 0 Å². The second-order valence-corrected chi connectivity index (χ2v) is 16.0. The summed E-state index contributed by atoms with van der Waals surface area (Å²) in [6, 6.07) is 1.52. The first-order valence-corrected chi connectivity index (χ1v) is 17.2. The molecule has 0 unspecified atom stereocenters. The van der Waals surface area contributed by atoms with Gasteiger partial charge in [0.05, 0.1) is 36.9 Å². The van der Waals surface area contributed by atoms with Crippen LogP contribution < -0.4 is 0 Å². The van der Waals surface area contributed by atoms with Crippen molar-refractivity contribution in [2.45, 2.75) is 120 Å². The Hall–Kier alpha value is -3.61. The minimum Gasteiger partial charge on any atom is -0.472 e. The SMILES string of the molecule is COC(=O)C[C@H]1[C@@]2(C)C[C@@]34O[C@]5(C)O[C@]6([C@@H]7CC(=O)O[C@@H](c8ccoc8)[C@]7(C)[C@@H](OC(C)=O)[C@@H](O)[C@]6(O5)[C@]13COC(C)=O)[C@H](O)[C@@]4(O)[C@H]2OC(C)=O. The third-order valence-electron chi connectivity index (χ3n) is 13.8. The molecule has 0 aromatic carbocycles. The lowest BCUT2D eigenvalue weighted by atomic mass is 9.32. The summed E-state index contributed by atoms with van der Waals surface area (Å²) in [5.41, 5.74) is -14.5. The highest BCUT2D eigenvalue weighted by atomic mass is 16.9. The van der Waals surface area contributed by atoms with E-state index >= 15 is 0 Å². The first-order chi connectivity index (χ1) is 24.2. The fourth-order valence-electron chi connectivity index (χ4n) is 12.7. The van der Waals surface area contributed by atoms with Crippen LogP contribution in [0.3, 0.4) is 0 Å². The molecular formula is C35H42O17. The Bertz CT molecular complexity index is 1780. The van der Waals surface area contributed by atoms with Gasteiger partial charge in [0, 0.05) is 51.0 Å². The molecule has 2 spiro atoms. The molecule has 284 valence electrons. The highest BCUT2D eigenvalue weighted by molar-refractivity contribution is 5.74. The highest BCUT2D eigenvalue weighted by Crippen LogP contribution is 2.89. The van der Waals surface area contributed by atoms with Crippen LogP contribution in [-0.2, 0) is 61.9 Å². The van der Waals surface area contributed by atoms with Crippen LogP contribution in [0, 0.1) is 28.1 Å². The molecule has 1 aromatic rings. The van der Waals surface area contributed by atoms with Gasteiger partial charge in [-0.25, -0.2) is 0 Å². The summed E-state index contributed by atoms with van der Waals surface area (Å²) in [7, 11) is 1.16. The number of rotatable bonds is 7. The van der Waals surface area contributed by atoms with Crippen molar-refractivity contribution in [2.24, 2.45) is 28.1 Å². The molecule has 15 atom stereocenters. The van der Waals surface area contributed by atoms with E-state index in [9.17, 15) is 39.3 Å². The van der Waals surface area contributed by atoms with Crippen molar-refractivity contribution in [3.8, 4) is 0 Å². The number of furan rings is 1. The number of cyclic esters (lactones) is 1. The van der Waals surface area contributed by atoms with E-state index in [1.165, 1.54) is 25.5 Å². The number of aliphatic hydroxyl groups excluding tert-OH is 2. The number of ether oxygens (including phenoxy) is 8. The molecular weight excluding hydrogens is 692 g/mol. The standard InChI is InChI=1S/C35H42O17/c1-15(36)46-14-31-19(10-21(39)44-7)28(4)13-32(31)33(43,27(28)48-17(3)38)26(42)34-20-11-22(40)49-24(18-8-9-45-12-18)29(20,5)25(47-16(2)37)23(41)35(31,34)52-30(6,50-32)51-34/h8-9,12,19-20,23-27,41-43H,10-11,13-14H2,1-7H3/t19-,20+,23+,24-,25-,26+,27-,28+,29+,30+,31+,32+,33+,34+,35-/m0/s1. The average Bonchev–Trinajstić information content (AvgIpc) is 3.76. The first-order valence-electron chi connectivity index (χ1n) is 17.2. The van der Waals surface area contributed by atoms with Gasteiger partial charge in [0.1, 0.15) is 53.9 Å². The average molecular weight is 735 g/mol. The topological polar surface area (TPSA) is 233 Å². The summed E-state index contributed by atoms with van der Waals surface area (Å²) in [5.74, 6) is -8.77. The molecule has 4 heterocycles. The van der Waals surface area contributed by atoms with E-state index in [0.29, 0.717) is 5.56 Å². The number of hydrogen-bond acceptors (Lipinski definition) is 17. The molecule has 3 aliphatic heterocycles. The second-order valence-electron chi connectivity index (χ2n) is 16.0. The third-order valence-corrected chi connectivity index (χ3v) is 13.8. The van der Waals surface area contributed by atoms with Crippen LogP contribution in [0.1, 0.15) is 72.5 Å². The molecule has 3 N–H and O–H groups in total. The van der Waals surface area contributed by atoms with E-state index in [0.717, 1.165) is 27.9 Å². The summed E-state index contributed by atoms with van der Waals surface area (Å²) >= 11 is 0. The van der Waals surface area contributed by atoms with Crippen LogP contribution in [0.25, 0.3) is 0 Å². The maximum Gasteiger partial charge on any atom is 0.306 e. The minimum absolute atomic E-state index is 0.235. The van der Waals surface area contributed by atoms with E-state index in [-0.39, 0.29) is 6.42 Å². The van der Waals surface area contributed by atoms with Gasteiger partial charge in [-0.2, -0.15) is 0 Å². The third kappa shape index (κ3) is 3.49. The summed E-state index contributed by atoms with van der Waals surface area (Å²) in [6.07, 6.45) is -7.33. The first kappa shape index (κ1) is 35.4. The summed E-state index contributed by atoms with van der Waals surface area (Å²) in [6.45, 7) is 7.26. The van der Waals surface area contributed by atoms with Crippen LogP contribution in [0.5, 0.6) is 0 Å². The maximum absolute atomic E-state index is 13.8. The molecule has 4 saturated carbocycles. The minimum atomic E-state index is -2.63. The van der Waals surface area contributed by atoms with Gasteiger partial charge in [-0.3, -0.25) is 24.0 Å². The Morgan fingerprint density at radius 2 is 1.67 bits per heavy atom. The fraction of sp³-hybridized carbons (Fsp3) is 0.743. The number of methoxy groups -OCH3 is 1. The Balaban J connectivity index is 1.52. The fourth-order valence-corrected chi connectivity index (χ4v) is 12.7. The van der Waals surface area contributed by atoms with Crippen LogP contribution in [-0.4, -0.2) is 112 Å². The molecule has 8 rings (SSSR count). The van der Waals surface area contributed by atoms with Gasteiger partial charge < -0.3 is 57.6 Å². The highest BCUT2D eigenvalue weighted by Gasteiger charge is 3.06. The lowest BCUT2D eigenvalue weighted by Crippen LogP contribution is -2.98. The van der Waals surface area contributed by atoms with Gasteiger partial charge in [-0.05, 0) is 18.4 Å². The van der Waals surface area contributed by atoms with Gasteiger partial charge in [0.15, 0.2) is 5.60 Å². The Kier molecular flexibility index (Phi) is 7.03.